The van der Waals surface area contributed by atoms with E-state index >= 15 is 0 Å². The first-order chi connectivity index (χ1) is 11.4. The highest BCUT2D eigenvalue weighted by molar-refractivity contribution is 14.0. The molecular weight excluding hydrogens is 427 g/mol. The first kappa shape index (κ1) is 23.7. The predicted molar refractivity (Wildman–Crippen MR) is 116 cm³/mol. The number of guanidine groups is 1. The van der Waals surface area contributed by atoms with Crippen molar-refractivity contribution in [2.45, 2.75) is 59.5 Å². The number of benzene rings is 1. The molecule has 1 rings (SSSR count). The number of carbonyl (C=O) groups is 1. The van der Waals surface area contributed by atoms with E-state index in [1.165, 1.54) is 12.8 Å². The zero-order chi connectivity index (χ0) is 17.9. The Balaban J connectivity index is 0.00000576. The van der Waals surface area contributed by atoms with Crippen molar-refractivity contribution >= 4 is 35.8 Å². The van der Waals surface area contributed by atoms with Gasteiger partial charge in [0.25, 0.3) is 5.91 Å². The zero-order valence-corrected chi connectivity index (χ0v) is 18.2. The van der Waals surface area contributed by atoms with Gasteiger partial charge < -0.3 is 16.4 Å². The molecular formula is C19H33IN4O. The van der Waals surface area contributed by atoms with E-state index in [1.807, 2.05) is 25.1 Å². The molecule has 1 unspecified atom stereocenters. The number of hydrogen-bond acceptors (Lipinski definition) is 2. The minimum absolute atomic E-state index is 0. The number of rotatable bonds is 9. The third-order valence-corrected chi connectivity index (χ3v) is 3.77. The molecule has 25 heavy (non-hydrogen) atoms. The summed E-state index contributed by atoms with van der Waals surface area (Å²) in [6.45, 7) is 9.59. The second-order valence-electron chi connectivity index (χ2n) is 6.63. The zero-order valence-electron chi connectivity index (χ0n) is 15.8. The van der Waals surface area contributed by atoms with Crippen LogP contribution in [0.3, 0.4) is 0 Å². The van der Waals surface area contributed by atoms with E-state index in [9.17, 15) is 4.79 Å². The van der Waals surface area contributed by atoms with E-state index in [0.717, 1.165) is 17.9 Å². The summed E-state index contributed by atoms with van der Waals surface area (Å²) in [6, 6.07) is 7.79. The normalized spacial score (nSPS) is 12.4. The molecule has 0 radical (unpaired) electrons. The van der Waals surface area contributed by atoms with Crippen molar-refractivity contribution in [2.75, 3.05) is 6.54 Å². The van der Waals surface area contributed by atoms with Gasteiger partial charge in [-0.25, -0.2) is 4.99 Å². The highest BCUT2D eigenvalue weighted by atomic mass is 127. The molecule has 0 aromatic heterocycles. The van der Waals surface area contributed by atoms with Crippen molar-refractivity contribution in [1.29, 1.82) is 0 Å². The van der Waals surface area contributed by atoms with Crippen molar-refractivity contribution in [3.05, 3.63) is 35.4 Å². The molecule has 0 saturated heterocycles. The molecule has 1 atom stereocenters. The van der Waals surface area contributed by atoms with Crippen molar-refractivity contribution in [3.8, 4) is 0 Å². The molecule has 6 heteroatoms. The second-order valence-corrected chi connectivity index (χ2v) is 6.63. The molecule has 142 valence electrons. The first-order valence-electron chi connectivity index (χ1n) is 8.86. The SMILES string of the molecule is CCNC(=O)c1cccc(CN=C(N)NC(C)CCCC(C)C)c1.I. The Morgan fingerprint density at radius 3 is 2.60 bits per heavy atom. The third kappa shape index (κ3) is 10.3. The number of amides is 1. The first-order valence-corrected chi connectivity index (χ1v) is 8.86. The lowest BCUT2D eigenvalue weighted by Gasteiger charge is -2.15. The Hall–Kier alpha value is -1.31. The van der Waals surface area contributed by atoms with Crippen molar-refractivity contribution in [1.82, 2.24) is 10.6 Å². The minimum Gasteiger partial charge on any atom is -0.370 e. The lowest BCUT2D eigenvalue weighted by atomic mass is 10.0. The second kappa shape index (κ2) is 13.0. The summed E-state index contributed by atoms with van der Waals surface area (Å²) in [4.78, 5) is 16.2. The summed E-state index contributed by atoms with van der Waals surface area (Å²) in [7, 11) is 0. The maximum atomic E-state index is 11.8. The van der Waals surface area contributed by atoms with Crippen LogP contribution in [0.1, 0.15) is 62.9 Å². The number of hydrogen-bond donors (Lipinski definition) is 3. The Kier molecular flexibility index (Phi) is 12.3. The lowest BCUT2D eigenvalue weighted by molar-refractivity contribution is 0.0955. The van der Waals surface area contributed by atoms with E-state index in [4.69, 9.17) is 5.73 Å². The van der Waals surface area contributed by atoms with E-state index in [0.29, 0.717) is 30.7 Å². The Morgan fingerprint density at radius 1 is 1.24 bits per heavy atom. The minimum atomic E-state index is -0.0619. The van der Waals surface area contributed by atoms with Gasteiger partial charge in [-0.05, 0) is 43.9 Å². The van der Waals surface area contributed by atoms with Crippen molar-refractivity contribution < 1.29 is 4.79 Å². The molecule has 0 saturated carbocycles. The Labute approximate surface area is 169 Å². The van der Waals surface area contributed by atoms with Gasteiger partial charge in [0.05, 0.1) is 6.54 Å². The molecule has 0 spiro atoms. The molecule has 1 amide bonds. The van der Waals surface area contributed by atoms with Crippen molar-refractivity contribution in [3.63, 3.8) is 0 Å². The average Bonchev–Trinajstić information content (AvgIpc) is 2.53. The predicted octanol–water partition coefficient (Wildman–Crippen LogP) is 3.67. The number of nitrogens with zero attached hydrogens (tertiary/aromatic N) is 1. The fourth-order valence-corrected chi connectivity index (χ4v) is 2.45. The van der Waals surface area contributed by atoms with Gasteiger partial charge in [-0.2, -0.15) is 0 Å². The monoisotopic (exact) mass is 460 g/mol. The highest BCUT2D eigenvalue weighted by Crippen LogP contribution is 2.09. The molecule has 0 aliphatic carbocycles. The summed E-state index contributed by atoms with van der Waals surface area (Å²) in [6.07, 6.45) is 3.50. The third-order valence-electron chi connectivity index (χ3n) is 3.77. The van der Waals surface area contributed by atoms with Crippen LogP contribution in [0, 0.1) is 5.92 Å². The highest BCUT2D eigenvalue weighted by Gasteiger charge is 2.06. The summed E-state index contributed by atoms with van der Waals surface area (Å²) in [5, 5.41) is 6.03. The van der Waals surface area contributed by atoms with Gasteiger partial charge >= 0.3 is 0 Å². The molecule has 4 N–H and O–H groups in total. The van der Waals surface area contributed by atoms with Crippen LogP contribution in [0.4, 0.5) is 0 Å². The smallest absolute Gasteiger partial charge is 0.251 e. The van der Waals surface area contributed by atoms with Crippen molar-refractivity contribution in [2.24, 2.45) is 16.6 Å². The van der Waals surface area contributed by atoms with Gasteiger partial charge in [0, 0.05) is 18.2 Å². The fraction of sp³-hybridized carbons (Fsp3) is 0.579. The van der Waals surface area contributed by atoms with E-state index in [1.54, 1.807) is 6.07 Å². The molecule has 0 fully saturated rings. The number of carbonyl (C=O) groups excluding carboxylic acids is 1. The van der Waals surface area contributed by atoms with Crippen LogP contribution in [0.2, 0.25) is 0 Å². The molecule has 0 bridgehead atoms. The topological polar surface area (TPSA) is 79.5 Å². The molecule has 1 aromatic carbocycles. The number of halogens is 1. The van der Waals surface area contributed by atoms with Gasteiger partial charge in [0.1, 0.15) is 0 Å². The van der Waals surface area contributed by atoms with E-state index < -0.39 is 0 Å². The summed E-state index contributed by atoms with van der Waals surface area (Å²) < 4.78 is 0. The Morgan fingerprint density at radius 2 is 1.96 bits per heavy atom. The molecule has 5 nitrogen and oxygen atoms in total. The quantitative estimate of drug-likeness (QED) is 0.299. The number of aliphatic imine (C=N–C) groups is 1. The van der Waals surface area contributed by atoms with Crippen LogP contribution in [-0.2, 0) is 6.54 Å². The van der Waals surface area contributed by atoms with E-state index in [-0.39, 0.29) is 29.9 Å². The largest absolute Gasteiger partial charge is 0.370 e. The van der Waals surface area contributed by atoms with Crippen LogP contribution in [0.15, 0.2) is 29.3 Å². The van der Waals surface area contributed by atoms with Crippen LogP contribution in [-0.4, -0.2) is 24.5 Å². The summed E-state index contributed by atoms with van der Waals surface area (Å²) in [5.74, 6) is 1.13. The lowest BCUT2D eigenvalue weighted by Crippen LogP contribution is -2.38. The average molecular weight is 460 g/mol. The van der Waals surface area contributed by atoms with Gasteiger partial charge in [0.15, 0.2) is 5.96 Å². The number of nitrogens with one attached hydrogen (secondary N) is 2. The van der Waals surface area contributed by atoms with E-state index in [2.05, 4.69) is 36.4 Å². The van der Waals surface area contributed by atoms with Gasteiger partial charge in [-0.1, -0.05) is 38.8 Å². The van der Waals surface area contributed by atoms with Gasteiger partial charge in [-0.3, -0.25) is 4.79 Å². The molecule has 0 aliphatic rings. The maximum Gasteiger partial charge on any atom is 0.251 e. The molecule has 0 heterocycles. The molecule has 0 aliphatic heterocycles. The van der Waals surface area contributed by atoms with Crippen LogP contribution < -0.4 is 16.4 Å². The number of nitrogens with two attached hydrogens (primary N) is 1. The fourth-order valence-electron chi connectivity index (χ4n) is 2.45. The molecule has 1 aromatic rings. The Bertz CT molecular complexity index is 546. The van der Waals surface area contributed by atoms with Gasteiger partial charge in [-0.15, -0.1) is 24.0 Å². The summed E-state index contributed by atoms with van der Waals surface area (Å²) in [5.41, 5.74) is 7.58. The van der Waals surface area contributed by atoms with Crippen LogP contribution in [0.25, 0.3) is 0 Å². The standard InChI is InChI=1S/C19H32N4O.HI/c1-5-21-18(24)17-11-7-10-16(12-17)13-22-19(20)23-15(4)9-6-8-14(2)3;/h7,10-12,14-15H,5-6,8-9,13H2,1-4H3,(H,21,24)(H3,20,22,23);1H. The maximum absolute atomic E-state index is 11.8. The summed E-state index contributed by atoms with van der Waals surface area (Å²) >= 11 is 0. The van der Waals surface area contributed by atoms with Gasteiger partial charge in [0.2, 0.25) is 0 Å². The van der Waals surface area contributed by atoms with Crippen LogP contribution in [0.5, 0.6) is 0 Å². The van der Waals surface area contributed by atoms with Crippen LogP contribution >= 0.6 is 24.0 Å².